The molecule has 0 saturated carbocycles. The van der Waals surface area contributed by atoms with Gasteiger partial charge in [-0.25, -0.2) is 0 Å². The van der Waals surface area contributed by atoms with Gasteiger partial charge in [0.2, 0.25) is 0 Å². The van der Waals surface area contributed by atoms with Crippen molar-refractivity contribution < 1.29 is 9.53 Å². The summed E-state index contributed by atoms with van der Waals surface area (Å²) in [6.07, 6.45) is 1.52. The molecule has 3 aromatic carbocycles. The number of halogens is 4. The van der Waals surface area contributed by atoms with E-state index in [1.54, 1.807) is 24.3 Å². The number of carbonyl (C=O) groups is 1. The Balaban J connectivity index is 1.77. The SMILES string of the molecule is Cc1ccc(NC(=O)/C(C#N)=C/c2cc(Br)c(OCc3ccc(Cl)c(Cl)c3)c(Br)c2)cc1C. The summed E-state index contributed by atoms with van der Waals surface area (Å²) in [5, 5.41) is 13.2. The average molecular weight is 609 g/mol. The van der Waals surface area contributed by atoms with Crippen LogP contribution < -0.4 is 10.1 Å². The van der Waals surface area contributed by atoms with Crippen LogP contribution in [0.5, 0.6) is 5.75 Å². The van der Waals surface area contributed by atoms with Crippen LogP contribution in [-0.2, 0) is 11.4 Å². The number of carbonyl (C=O) groups excluding carboxylic acids is 1. The number of amides is 1. The highest BCUT2D eigenvalue weighted by atomic mass is 79.9. The Morgan fingerprint density at radius 3 is 2.33 bits per heavy atom. The van der Waals surface area contributed by atoms with Gasteiger partial charge in [0.1, 0.15) is 24.0 Å². The van der Waals surface area contributed by atoms with E-state index < -0.39 is 5.91 Å². The molecule has 0 saturated heterocycles. The van der Waals surface area contributed by atoms with Gasteiger partial charge in [0, 0.05) is 5.69 Å². The Hall–Kier alpha value is -2.30. The molecule has 0 aliphatic carbocycles. The first-order valence-corrected chi connectivity index (χ1v) is 12.1. The number of anilines is 1. The Kier molecular flexibility index (Phi) is 8.61. The minimum atomic E-state index is -0.479. The first kappa shape index (κ1) is 25.3. The molecule has 0 radical (unpaired) electrons. The van der Waals surface area contributed by atoms with Crippen LogP contribution >= 0.6 is 55.1 Å². The highest BCUT2D eigenvalue weighted by Gasteiger charge is 2.13. The van der Waals surface area contributed by atoms with Gasteiger partial charge in [-0.05, 0) is 110 Å². The third kappa shape index (κ3) is 6.61. The highest BCUT2D eigenvalue weighted by molar-refractivity contribution is 9.11. The minimum Gasteiger partial charge on any atom is -0.487 e. The smallest absolute Gasteiger partial charge is 0.266 e. The second-order valence-corrected chi connectivity index (χ2v) is 9.80. The first-order valence-electron chi connectivity index (χ1n) is 9.74. The van der Waals surface area contributed by atoms with Gasteiger partial charge in [0.05, 0.1) is 19.0 Å². The van der Waals surface area contributed by atoms with Gasteiger partial charge in [-0.1, -0.05) is 35.3 Å². The van der Waals surface area contributed by atoms with Crippen LogP contribution in [-0.4, -0.2) is 5.91 Å². The molecule has 1 N–H and O–H groups in total. The molecule has 0 aromatic heterocycles. The summed E-state index contributed by atoms with van der Waals surface area (Å²) in [5.74, 6) is 0.101. The predicted octanol–water partition coefficient (Wildman–Crippen LogP) is 8.26. The van der Waals surface area contributed by atoms with Gasteiger partial charge >= 0.3 is 0 Å². The third-order valence-corrected chi connectivity index (χ3v) is 6.75. The number of hydrogen-bond donors (Lipinski definition) is 1. The van der Waals surface area contributed by atoms with E-state index in [-0.39, 0.29) is 12.2 Å². The van der Waals surface area contributed by atoms with Crippen LogP contribution in [0.1, 0.15) is 22.3 Å². The average Bonchev–Trinajstić information content (AvgIpc) is 2.76. The summed E-state index contributed by atoms with van der Waals surface area (Å²) in [6, 6.07) is 16.4. The van der Waals surface area contributed by atoms with Crippen LogP contribution in [0.15, 0.2) is 63.0 Å². The van der Waals surface area contributed by atoms with Crippen molar-refractivity contribution in [2.75, 3.05) is 5.32 Å². The van der Waals surface area contributed by atoms with E-state index in [0.717, 1.165) is 16.7 Å². The van der Waals surface area contributed by atoms with E-state index in [9.17, 15) is 10.1 Å². The number of aryl methyl sites for hydroxylation is 2. The zero-order chi connectivity index (χ0) is 24.1. The highest BCUT2D eigenvalue weighted by Crippen LogP contribution is 2.36. The molecule has 0 aliphatic heterocycles. The van der Waals surface area contributed by atoms with Gasteiger partial charge < -0.3 is 10.1 Å². The van der Waals surface area contributed by atoms with Crippen LogP contribution in [0.3, 0.4) is 0 Å². The van der Waals surface area contributed by atoms with Crippen molar-refractivity contribution in [3.8, 4) is 11.8 Å². The molecular weight excluding hydrogens is 591 g/mol. The molecule has 3 rings (SSSR count). The Bertz CT molecular complexity index is 1280. The lowest BCUT2D eigenvalue weighted by Gasteiger charge is -2.12. The van der Waals surface area contributed by atoms with Crippen LogP contribution in [0.4, 0.5) is 5.69 Å². The van der Waals surface area contributed by atoms with Gasteiger partial charge in [0.25, 0.3) is 5.91 Å². The number of rotatable bonds is 6. The van der Waals surface area contributed by atoms with Crippen molar-refractivity contribution in [1.82, 2.24) is 0 Å². The summed E-state index contributed by atoms with van der Waals surface area (Å²) >= 11 is 19.0. The molecule has 0 heterocycles. The zero-order valence-corrected chi connectivity index (χ0v) is 22.4. The summed E-state index contributed by atoms with van der Waals surface area (Å²) in [7, 11) is 0. The molecule has 168 valence electrons. The summed E-state index contributed by atoms with van der Waals surface area (Å²) in [5.41, 5.74) is 4.32. The topological polar surface area (TPSA) is 62.1 Å². The zero-order valence-electron chi connectivity index (χ0n) is 17.7. The molecule has 0 fully saturated rings. The van der Waals surface area contributed by atoms with E-state index >= 15 is 0 Å². The van der Waals surface area contributed by atoms with Crippen molar-refractivity contribution in [3.63, 3.8) is 0 Å². The number of benzene rings is 3. The Morgan fingerprint density at radius 1 is 1.03 bits per heavy atom. The van der Waals surface area contributed by atoms with E-state index in [2.05, 4.69) is 37.2 Å². The fraction of sp³-hybridized carbons (Fsp3) is 0.120. The third-order valence-electron chi connectivity index (χ3n) is 4.83. The summed E-state index contributed by atoms with van der Waals surface area (Å²) < 4.78 is 7.25. The van der Waals surface area contributed by atoms with Gasteiger partial charge in [-0.2, -0.15) is 5.26 Å². The fourth-order valence-electron chi connectivity index (χ4n) is 2.92. The van der Waals surface area contributed by atoms with Crippen molar-refractivity contribution >= 4 is 72.7 Å². The van der Waals surface area contributed by atoms with Crippen LogP contribution in [0, 0.1) is 25.2 Å². The van der Waals surface area contributed by atoms with Crippen LogP contribution in [0.2, 0.25) is 10.0 Å². The standard InChI is InChI=1S/C25H18Br2Cl2N2O2/c1-14-3-5-19(7-15(14)2)31-25(32)18(12-30)8-17-9-20(26)24(21(27)10-17)33-13-16-4-6-22(28)23(29)11-16/h3-11H,13H2,1-2H3,(H,31,32)/b18-8+. The number of nitriles is 1. The molecule has 0 bridgehead atoms. The molecular formula is C25H18Br2Cl2N2O2. The number of hydrogen-bond acceptors (Lipinski definition) is 3. The normalized spacial score (nSPS) is 11.1. The predicted molar refractivity (Wildman–Crippen MR) is 141 cm³/mol. The monoisotopic (exact) mass is 606 g/mol. The fourth-order valence-corrected chi connectivity index (χ4v) is 4.69. The summed E-state index contributed by atoms with van der Waals surface area (Å²) in [6.45, 7) is 4.24. The molecule has 3 aromatic rings. The number of nitrogens with one attached hydrogen (secondary N) is 1. The lowest BCUT2D eigenvalue weighted by Crippen LogP contribution is -2.13. The van der Waals surface area contributed by atoms with E-state index in [4.69, 9.17) is 27.9 Å². The molecule has 0 unspecified atom stereocenters. The summed E-state index contributed by atoms with van der Waals surface area (Å²) in [4.78, 5) is 12.6. The maximum Gasteiger partial charge on any atom is 0.266 e. The van der Waals surface area contributed by atoms with E-state index in [0.29, 0.717) is 36.0 Å². The lowest BCUT2D eigenvalue weighted by molar-refractivity contribution is -0.112. The second kappa shape index (κ2) is 11.2. The van der Waals surface area contributed by atoms with E-state index in [1.165, 1.54) is 6.08 Å². The van der Waals surface area contributed by atoms with Gasteiger partial charge in [-0.3, -0.25) is 4.79 Å². The number of ether oxygens (including phenoxy) is 1. The molecule has 0 spiro atoms. The second-order valence-electron chi connectivity index (χ2n) is 7.27. The molecule has 0 aliphatic rings. The van der Waals surface area contributed by atoms with Crippen molar-refractivity contribution in [2.45, 2.75) is 20.5 Å². The van der Waals surface area contributed by atoms with E-state index in [1.807, 2.05) is 44.2 Å². The minimum absolute atomic E-state index is 0.0171. The maximum atomic E-state index is 12.6. The molecule has 33 heavy (non-hydrogen) atoms. The molecule has 4 nitrogen and oxygen atoms in total. The van der Waals surface area contributed by atoms with Gasteiger partial charge in [0.15, 0.2) is 0 Å². The quantitative estimate of drug-likeness (QED) is 0.226. The first-order chi connectivity index (χ1) is 15.7. The molecule has 8 heteroatoms. The van der Waals surface area contributed by atoms with Crippen molar-refractivity contribution in [2.24, 2.45) is 0 Å². The van der Waals surface area contributed by atoms with Gasteiger partial charge in [-0.15, -0.1) is 0 Å². The van der Waals surface area contributed by atoms with Crippen LogP contribution in [0.25, 0.3) is 6.08 Å². The Labute approximate surface area is 219 Å². The largest absolute Gasteiger partial charge is 0.487 e. The van der Waals surface area contributed by atoms with Crippen molar-refractivity contribution in [3.05, 3.63) is 95.3 Å². The van der Waals surface area contributed by atoms with Crippen molar-refractivity contribution in [1.29, 1.82) is 5.26 Å². The number of nitrogens with zero attached hydrogens (tertiary/aromatic N) is 1. The lowest BCUT2D eigenvalue weighted by atomic mass is 10.1. The molecule has 0 atom stereocenters. The Morgan fingerprint density at radius 2 is 1.73 bits per heavy atom. The molecule has 1 amide bonds. The maximum absolute atomic E-state index is 12.6.